The van der Waals surface area contributed by atoms with Crippen LogP contribution in [-0.2, 0) is 13.5 Å². The fourth-order valence-electron chi connectivity index (χ4n) is 1.73. The minimum absolute atomic E-state index is 0.0411. The molecule has 1 N–H and O–H groups in total. The zero-order chi connectivity index (χ0) is 13.8. The van der Waals surface area contributed by atoms with E-state index in [1.165, 1.54) is 6.07 Å². The molecular weight excluding hydrogens is 313 g/mol. The van der Waals surface area contributed by atoms with Gasteiger partial charge in [-0.1, -0.05) is 6.07 Å². The van der Waals surface area contributed by atoms with Crippen molar-refractivity contribution in [3.05, 3.63) is 52.0 Å². The molecular formula is C13H13BrFN3O. The van der Waals surface area contributed by atoms with Crippen LogP contribution in [0.15, 0.2) is 34.9 Å². The van der Waals surface area contributed by atoms with Gasteiger partial charge in [0.1, 0.15) is 5.82 Å². The lowest BCUT2D eigenvalue weighted by Crippen LogP contribution is -2.27. The number of carbonyl (C=O) groups is 1. The van der Waals surface area contributed by atoms with Gasteiger partial charge >= 0.3 is 0 Å². The number of carbonyl (C=O) groups excluding carboxylic acids is 1. The summed E-state index contributed by atoms with van der Waals surface area (Å²) >= 11 is 3.06. The van der Waals surface area contributed by atoms with Crippen molar-refractivity contribution in [3.63, 3.8) is 0 Å². The second-order valence-corrected chi connectivity index (χ2v) is 4.91. The summed E-state index contributed by atoms with van der Waals surface area (Å²) in [6.45, 7) is 0.435. The fraction of sp³-hybridized carbons (Fsp3) is 0.231. The molecule has 0 unspecified atom stereocenters. The van der Waals surface area contributed by atoms with Crippen molar-refractivity contribution in [3.8, 4) is 0 Å². The highest BCUT2D eigenvalue weighted by atomic mass is 79.9. The van der Waals surface area contributed by atoms with Crippen LogP contribution in [0.3, 0.4) is 0 Å². The maximum atomic E-state index is 13.7. The zero-order valence-electron chi connectivity index (χ0n) is 10.4. The van der Waals surface area contributed by atoms with E-state index in [9.17, 15) is 9.18 Å². The Balaban J connectivity index is 1.95. The summed E-state index contributed by atoms with van der Waals surface area (Å²) in [4.78, 5) is 11.8. The summed E-state index contributed by atoms with van der Waals surface area (Å²) in [5, 5.41) is 6.73. The molecule has 100 valence electrons. The van der Waals surface area contributed by atoms with E-state index < -0.39 is 11.7 Å². The smallest absolute Gasteiger partial charge is 0.254 e. The van der Waals surface area contributed by atoms with E-state index >= 15 is 0 Å². The van der Waals surface area contributed by atoms with Crippen LogP contribution in [0.2, 0.25) is 0 Å². The molecule has 1 heterocycles. The van der Waals surface area contributed by atoms with Crippen LogP contribution < -0.4 is 5.32 Å². The van der Waals surface area contributed by atoms with Gasteiger partial charge in [0.15, 0.2) is 0 Å². The molecule has 6 heteroatoms. The number of rotatable bonds is 4. The van der Waals surface area contributed by atoms with Gasteiger partial charge < -0.3 is 5.32 Å². The Kier molecular flexibility index (Phi) is 4.31. The Labute approximate surface area is 118 Å². The average molecular weight is 326 g/mol. The fourth-order valence-corrected chi connectivity index (χ4v) is 2.09. The van der Waals surface area contributed by atoms with Gasteiger partial charge in [-0.05, 0) is 34.1 Å². The lowest BCUT2D eigenvalue weighted by Gasteiger charge is -2.07. The molecule has 2 aromatic rings. The largest absolute Gasteiger partial charge is 0.352 e. The van der Waals surface area contributed by atoms with Crippen LogP contribution >= 0.6 is 15.9 Å². The number of hydrogen-bond acceptors (Lipinski definition) is 2. The molecule has 0 saturated carbocycles. The third kappa shape index (κ3) is 3.20. The molecule has 0 aliphatic carbocycles. The van der Waals surface area contributed by atoms with Gasteiger partial charge in [0.2, 0.25) is 0 Å². The van der Waals surface area contributed by atoms with E-state index in [1.807, 2.05) is 13.1 Å². The maximum Gasteiger partial charge on any atom is 0.254 e. The number of aryl methyl sites for hydroxylation is 1. The zero-order valence-corrected chi connectivity index (χ0v) is 11.9. The van der Waals surface area contributed by atoms with Crippen LogP contribution in [-0.4, -0.2) is 22.2 Å². The van der Waals surface area contributed by atoms with Gasteiger partial charge in [-0.25, -0.2) is 4.39 Å². The summed E-state index contributed by atoms with van der Waals surface area (Å²) in [5.74, 6) is -0.957. The molecule has 2 rings (SSSR count). The minimum Gasteiger partial charge on any atom is -0.352 e. The SMILES string of the molecule is Cn1nccc1CCNC(=O)c1cccc(Br)c1F. The Bertz CT molecular complexity index is 597. The van der Waals surface area contributed by atoms with Gasteiger partial charge in [-0.3, -0.25) is 9.48 Å². The van der Waals surface area contributed by atoms with Crippen LogP contribution in [0.25, 0.3) is 0 Å². The first-order valence-corrected chi connectivity index (χ1v) is 6.58. The lowest BCUT2D eigenvalue weighted by molar-refractivity contribution is 0.0950. The summed E-state index contributed by atoms with van der Waals surface area (Å²) in [7, 11) is 1.84. The van der Waals surface area contributed by atoms with Crippen molar-refractivity contribution in [2.24, 2.45) is 7.05 Å². The van der Waals surface area contributed by atoms with Crippen molar-refractivity contribution in [1.82, 2.24) is 15.1 Å². The summed E-state index contributed by atoms with van der Waals surface area (Å²) in [5.41, 5.74) is 1.05. The van der Waals surface area contributed by atoms with E-state index in [2.05, 4.69) is 26.3 Å². The third-order valence-electron chi connectivity index (χ3n) is 2.79. The monoisotopic (exact) mass is 325 g/mol. The number of nitrogens with zero attached hydrogens (tertiary/aromatic N) is 2. The number of amides is 1. The average Bonchev–Trinajstić information content (AvgIpc) is 2.78. The molecule has 0 spiro atoms. The van der Waals surface area contributed by atoms with Gasteiger partial charge in [-0.2, -0.15) is 5.10 Å². The quantitative estimate of drug-likeness (QED) is 0.937. The van der Waals surface area contributed by atoms with Crippen LogP contribution in [0.1, 0.15) is 16.1 Å². The number of nitrogens with one attached hydrogen (secondary N) is 1. The van der Waals surface area contributed by atoms with Gasteiger partial charge in [0.05, 0.1) is 10.0 Å². The molecule has 0 aliphatic rings. The predicted octanol–water partition coefficient (Wildman–Crippen LogP) is 2.29. The van der Waals surface area contributed by atoms with Gasteiger partial charge in [-0.15, -0.1) is 0 Å². The predicted molar refractivity (Wildman–Crippen MR) is 73.3 cm³/mol. The van der Waals surface area contributed by atoms with Crippen molar-refractivity contribution in [2.45, 2.75) is 6.42 Å². The number of aromatic nitrogens is 2. The molecule has 4 nitrogen and oxygen atoms in total. The summed E-state index contributed by atoms with van der Waals surface area (Å²) in [6, 6.07) is 6.52. The molecule has 0 fully saturated rings. The third-order valence-corrected chi connectivity index (χ3v) is 3.40. The Morgan fingerprint density at radius 3 is 2.95 bits per heavy atom. The first-order chi connectivity index (χ1) is 9.09. The second-order valence-electron chi connectivity index (χ2n) is 4.05. The standard InChI is InChI=1S/C13H13BrFN3O/c1-18-9(6-8-17-18)5-7-16-13(19)10-3-2-4-11(14)12(10)15/h2-4,6,8H,5,7H2,1H3,(H,16,19). The summed E-state index contributed by atoms with van der Waals surface area (Å²) in [6.07, 6.45) is 2.35. The highest BCUT2D eigenvalue weighted by Gasteiger charge is 2.13. The van der Waals surface area contributed by atoms with Crippen molar-refractivity contribution >= 4 is 21.8 Å². The Hall–Kier alpha value is -1.69. The second kappa shape index (κ2) is 5.97. The number of hydrogen-bond donors (Lipinski definition) is 1. The first kappa shape index (κ1) is 13.7. The summed E-state index contributed by atoms with van der Waals surface area (Å²) < 4.78 is 15.7. The topological polar surface area (TPSA) is 46.9 Å². The van der Waals surface area contributed by atoms with E-state index in [-0.39, 0.29) is 10.0 Å². The van der Waals surface area contributed by atoms with E-state index in [4.69, 9.17) is 0 Å². The van der Waals surface area contributed by atoms with Crippen LogP contribution in [0, 0.1) is 5.82 Å². The van der Waals surface area contributed by atoms with Crippen molar-refractivity contribution in [1.29, 1.82) is 0 Å². The van der Waals surface area contributed by atoms with Gasteiger partial charge in [0.25, 0.3) is 5.91 Å². The molecule has 19 heavy (non-hydrogen) atoms. The van der Waals surface area contributed by atoms with Gasteiger partial charge in [0, 0.05) is 31.9 Å². The van der Waals surface area contributed by atoms with Crippen molar-refractivity contribution < 1.29 is 9.18 Å². The molecule has 0 atom stereocenters. The van der Waals surface area contributed by atoms with Crippen LogP contribution in [0.4, 0.5) is 4.39 Å². The molecule has 1 aromatic heterocycles. The molecule has 0 saturated heterocycles. The molecule has 0 radical (unpaired) electrons. The number of benzene rings is 1. The van der Waals surface area contributed by atoms with E-state index in [0.717, 1.165) is 5.69 Å². The Morgan fingerprint density at radius 2 is 2.26 bits per heavy atom. The molecule has 1 amide bonds. The first-order valence-electron chi connectivity index (χ1n) is 5.78. The van der Waals surface area contributed by atoms with E-state index in [1.54, 1.807) is 23.0 Å². The maximum absolute atomic E-state index is 13.7. The molecule has 0 aliphatic heterocycles. The minimum atomic E-state index is -0.541. The molecule has 1 aromatic carbocycles. The van der Waals surface area contributed by atoms with Crippen molar-refractivity contribution in [2.75, 3.05) is 6.54 Å². The highest BCUT2D eigenvalue weighted by Crippen LogP contribution is 2.18. The van der Waals surface area contributed by atoms with E-state index in [0.29, 0.717) is 13.0 Å². The Morgan fingerprint density at radius 1 is 1.47 bits per heavy atom. The van der Waals surface area contributed by atoms with Crippen LogP contribution in [0.5, 0.6) is 0 Å². The number of halogens is 2. The normalized spacial score (nSPS) is 10.5. The highest BCUT2D eigenvalue weighted by molar-refractivity contribution is 9.10. The molecule has 0 bridgehead atoms. The lowest BCUT2D eigenvalue weighted by atomic mass is 10.2.